The van der Waals surface area contributed by atoms with E-state index < -0.39 is 0 Å². The molecule has 1 aromatic heterocycles. The van der Waals surface area contributed by atoms with Gasteiger partial charge in [-0.15, -0.1) is 0 Å². The number of rotatable bonds is 3. The van der Waals surface area contributed by atoms with Crippen LogP contribution in [0.2, 0.25) is 0 Å². The molecule has 0 aliphatic heterocycles. The third-order valence-electron chi connectivity index (χ3n) is 3.08. The molecule has 4 nitrogen and oxygen atoms in total. The van der Waals surface area contributed by atoms with Gasteiger partial charge in [-0.25, -0.2) is 9.97 Å². The molecule has 0 aromatic carbocycles. The van der Waals surface area contributed by atoms with Crippen molar-refractivity contribution in [2.24, 2.45) is 0 Å². The van der Waals surface area contributed by atoms with E-state index in [0.717, 1.165) is 18.1 Å². The van der Waals surface area contributed by atoms with E-state index in [1.807, 2.05) is 13.0 Å². The Labute approximate surface area is 90.5 Å². The Morgan fingerprint density at radius 3 is 2.73 bits per heavy atom. The van der Waals surface area contributed by atoms with Gasteiger partial charge in [0.2, 0.25) is 0 Å². The van der Waals surface area contributed by atoms with Crippen LogP contribution in [0.15, 0.2) is 6.07 Å². The average molecular weight is 206 g/mol. The highest BCUT2D eigenvalue weighted by Crippen LogP contribution is 2.27. The van der Waals surface area contributed by atoms with E-state index in [2.05, 4.69) is 21.9 Å². The van der Waals surface area contributed by atoms with E-state index in [9.17, 15) is 0 Å². The van der Waals surface area contributed by atoms with Crippen molar-refractivity contribution < 1.29 is 0 Å². The molecule has 4 heteroatoms. The Bertz CT molecular complexity index is 346. The fourth-order valence-electron chi connectivity index (χ4n) is 1.80. The smallest absolute Gasteiger partial charge is 0.134 e. The molecule has 82 valence electrons. The molecule has 0 amide bonds. The Morgan fingerprint density at radius 1 is 1.47 bits per heavy atom. The molecule has 1 aliphatic carbocycles. The van der Waals surface area contributed by atoms with Crippen molar-refractivity contribution in [2.45, 2.75) is 38.6 Å². The Morgan fingerprint density at radius 2 is 2.20 bits per heavy atom. The highest BCUT2D eigenvalue weighted by Gasteiger charge is 2.23. The lowest BCUT2D eigenvalue weighted by Gasteiger charge is -2.35. The van der Waals surface area contributed by atoms with Gasteiger partial charge in [-0.2, -0.15) is 0 Å². The van der Waals surface area contributed by atoms with Crippen LogP contribution >= 0.6 is 0 Å². The molecule has 1 heterocycles. The second kappa shape index (κ2) is 4.04. The topological polar surface area (TPSA) is 55.0 Å². The fourth-order valence-corrected chi connectivity index (χ4v) is 1.80. The van der Waals surface area contributed by atoms with Crippen LogP contribution in [0.4, 0.5) is 11.6 Å². The zero-order chi connectivity index (χ0) is 10.8. The van der Waals surface area contributed by atoms with Crippen LogP contribution in [0, 0.1) is 0 Å². The molecule has 0 radical (unpaired) electrons. The average Bonchev–Trinajstić information content (AvgIpc) is 2.14. The Kier molecular flexibility index (Phi) is 2.75. The standard InChI is InChI=1S/C11H18N4/c1-3-10-13-9(12)7-11(14-10)15(2)8-5-4-6-8/h7-8H,3-6H2,1-2H3,(H2,12,13,14). The number of nitrogens with zero attached hydrogens (tertiary/aromatic N) is 3. The van der Waals surface area contributed by atoms with E-state index >= 15 is 0 Å². The molecule has 2 N–H and O–H groups in total. The van der Waals surface area contributed by atoms with Gasteiger partial charge in [-0.05, 0) is 19.3 Å². The summed E-state index contributed by atoms with van der Waals surface area (Å²) < 4.78 is 0. The maximum Gasteiger partial charge on any atom is 0.134 e. The highest BCUT2D eigenvalue weighted by atomic mass is 15.2. The molecule has 0 saturated heterocycles. The van der Waals surface area contributed by atoms with Gasteiger partial charge >= 0.3 is 0 Å². The van der Waals surface area contributed by atoms with Gasteiger partial charge in [-0.1, -0.05) is 6.92 Å². The first-order valence-electron chi connectivity index (χ1n) is 5.57. The van der Waals surface area contributed by atoms with Gasteiger partial charge in [0.1, 0.15) is 17.5 Å². The maximum atomic E-state index is 5.75. The maximum absolute atomic E-state index is 5.75. The third kappa shape index (κ3) is 2.03. The number of hydrogen-bond acceptors (Lipinski definition) is 4. The summed E-state index contributed by atoms with van der Waals surface area (Å²) in [6, 6.07) is 2.50. The largest absolute Gasteiger partial charge is 0.384 e. The van der Waals surface area contributed by atoms with Crippen molar-refractivity contribution in [1.29, 1.82) is 0 Å². The van der Waals surface area contributed by atoms with Crippen molar-refractivity contribution in [1.82, 2.24) is 9.97 Å². The second-order valence-corrected chi connectivity index (χ2v) is 4.12. The quantitative estimate of drug-likeness (QED) is 0.816. The van der Waals surface area contributed by atoms with Gasteiger partial charge in [0.15, 0.2) is 0 Å². The normalized spacial score (nSPS) is 16.1. The summed E-state index contributed by atoms with van der Waals surface area (Å²) in [7, 11) is 2.09. The lowest BCUT2D eigenvalue weighted by molar-refractivity contribution is 0.399. The number of aromatic nitrogens is 2. The van der Waals surface area contributed by atoms with Crippen LogP contribution < -0.4 is 10.6 Å². The predicted octanol–water partition coefficient (Wildman–Crippen LogP) is 1.61. The molecule has 0 unspecified atom stereocenters. The molecule has 1 aromatic rings. The molecule has 0 atom stereocenters. The van der Waals surface area contributed by atoms with Crippen molar-refractivity contribution in [3.8, 4) is 0 Å². The molecular formula is C11H18N4. The van der Waals surface area contributed by atoms with Gasteiger partial charge in [0, 0.05) is 25.6 Å². The minimum absolute atomic E-state index is 0.572. The first-order chi connectivity index (χ1) is 7.20. The summed E-state index contributed by atoms with van der Waals surface area (Å²) in [5.41, 5.74) is 5.75. The summed E-state index contributed by atoms with van der Waals surface area (Å²) in [5, 5.41) is 0. The highest BCUT2D eigenvalue weighted by molar-refractivity contribution is 5.47. The first kappa shape index (κ1) is 10.2. The van der Waals surface area contributed by atoms with Gasteiger partial charge < -0.3 is 10.6 Å². The summed E-state index contributed by atoms with van der Waals surface area (Å²) in [5.74, 6) is 2.36. The predicted molar refractivity (Wildman–Crippen MR) is 61.9 cm³/mol. The zero-order valence-electron chi connectivity index (χ0n) is 9.40. The number of hydrogen-bond donors (Lipinski definition) is 1. The molecule has 0 bridgehead atoms. The Balaban J connectivity index is 2.22. The van der Waals surface area contributed by atoms with Crippen LogP contribution in [0.1, 0.15) is 32.0 Å². The number of nitrogen functional groups attached to an aromatic ring is 1. The van der Waals surface area contributed by atoms with Crippen LogP contribution in [-0.4, -0.2) is 23.1 Å². The van der Waals surface area contributed by atoms with Crippen molar-refractivity contribution in [2.75, 3.05) is 17.7 Å². The molecule has 1 fully saturated rings. The van der Waals surface area contributed by atoms with Crippen LogP contribution in [0.5, 0.6) is 0 Å². The third-order valence-corrected chi connectivity index (χ3v) is 3.08. The van der Waals surface area contributed by atoms with Crippen molar-refractivity contribution >= 4 is 11.6 Å². The summed E-state index contributed by atoms with van der Waals surface area (Å²) in [6.07, 6.45) is 4.69. The van der Waals surface area contributed by atoms with Crippen LogP contribution in [0.25, 0.3) is 0 Å². The first-order valence-corrected chi connectivity index (χ1v) is 5.57. The summed E-state index contributed by atoms with van der Waals surface area (Å²) >= 11 is 0. The lowest BCUT2D eigenvalue weighted by Crippen LogP contribution is -2.37. The van der Waals surface area contributed by atoms with Crippen LogP contribution in [0.3, 0.4) is 0 Å². The number of anilines is 2. The van der Waals surface area contributed by atoms with E-state index in [1.165, 1.54) is 19.3 Å². The fraction of sp³-hybridized carbons (Fsp3) is 0.636. The zero-order valence-corrected chi connectivity index (χ0v) is 9.40. The number of nitrogens with two attached hydrogens (primary N) is 1. The van der Waals surface area contributed by atoms with Crippen molar-refractivity contribution in [3.05, 3.63) is 11.9 Å². The molecule has 0 spiro atoms. The molecule has 15 heavy (non-hydrogen) atoms. The van der Waals surface area contributed by atoms with Crippen LogP contribution in [-0.2, 0) is 6.42 Å². The van der Waals surface area contributed by atoms with E-state index in [0.29, 0.717) is 11.9 Å². The minimum atomic E-state index is 0.572. The molecule has 2 rings (SSSR count). The summed E-state index contributed by atoms with van der Waals surface area (Å²) in [4.78, 5) is 10.9. The van der Waals surface area contributed by atoms with Gasteiger partial charge in [-0.3, -0.25) is 0 Å². The molecule has 1 saturated carbocycles. The van der Waals surface area contributed by atoms with E-state index in [4.69, 9.17) is 5.73 Å². The Hall–Kier alpha value is -1.32. The minimum Gasteiger partial charge on any atom is -0.384 e. The van der Waals surface area contributed by atoms with E-state index in [-0.39, 0.29) is 0 Å². The SMILES string of the molecule is CCc1nc(N)cc(N(C)C2CCC2)n1. The summed E-state index contributed by atoms with van der Waals surface area (Å²) in [6.45, 7) is 2.04. The monoisotopic (exact) mass is 206 g/mol. The molecular weight excluding hydrogens is 188 g/mol. The number of aryl methyl sites for hydroxylation is 1. The second-order valence-electron chi connectivity index (χ2n) is 4.12. The van der Waals surface area contributed by atoms with Crippen molar-refractivity contribution in [3.63, 3.8) is 0 Å². The van der Waals surface area contributed by atoms with E-state index in [1.54, 1.807) is 0 Å². The van der Waals surface area contributed by atoms with Gasteiger partial charge in [0.05, 0.1) is 0 Å². The lowest BCUT2D eigenvalue weighted by atomic mass is 9.92. The molecule has 1 aliphatic rings. The van der Waals surface area contributed by atoms with Gasteiger partial charge in [0.25, 0.3) is 0 Å².